The van der Waals surface area contributed by atoms with E-state index in [0.29, 0.717) is 6.04 Å². The third kappa shape index (κ3) is 1.40. The van der Waals surface area contributed by atoms with Gasteiger partial charge in [-0.15, -0.1) is 8.58 Å². The molecule has 3 unspecified atom stereocenters. The maximum absolute atomic E-state index is 5.56. The number of hydrogen-bond acceptors (Lipinski definition) is 1. The molecule has 3 atom stereocenters. The van der Waals surface area contributed by atoms with Gasteiger partial charge in [0.25, 0.3) is 0 Å². The molecule has 7 heavy (non-hydrogen) atoms. The first-order chi connectivity index (χ1) is 3.34. The van der Waals surface area contributed by atoms with Crippen molar-refractivity contribution in [2.45, 2.75) is 12.5 Å². The Hall–Kier alpha value is 0.390. The minimum Gasteiger partial charge on any atom is -0.327 e. The van der Waals surface area contributed by atoms with Crippen LogP contribution < -0.4 is 5.73 Å². The summed E-state index contributed by atoms with van der Waals surface area (Å²) < 4.78 is 0. The van der Waals surface area contributed by atoms with E-state index in [4.69, 9.17) is 5.73 Å². The molecule has 0 bridgehead atoms. The van der Waals surface area contributed by atoms with Gasteiger partial charge in [-0.3, -0.25) is 0 Å². The summed E-state index contributed by atoms with van der Waals surface area (Å²) in [5.74, 6) is 0.906. The molecule has 2 heteroatoms. The van der Waals surface area contributed by atoms with E-state index in [2.05, 4.69) is 6.66 Å². The van der Waals surface area contributed by atoms with Crippen LogP contribution in [0.2, 0.25) is 0 Å². The molecule has 0 spiro atoms. The van der Waals surface area contributed by atoms with Crippen molar-refractivity contribution < 1.29 is 0 Å². The van der Waals surface area contributed by atoms with Gasteiger partial charge >= 0.3 is 0 Å². The van der Waals surface area contributed by atoms with Gasteiger partial charge in [0, 0.05) is 6.04 Å². The molecule has 0 aromatic heterocycles. The highest BCUT2D eigenvalue weighted by atomic mass is 31.1. The average Bonchev–Trinajstić information content (AvgIpc) is 2.22. The van der Waals surface area contributed by atoms with Gasteiger partial charge in [0.1, 0.15) is 0 Å². The lowest BCUT2D eigenvalue weighted by molar-refractivity contribution is 0.905. The van der Waals surface area contributed by atoms with Crippen molar-refractivity contribution in [1.82, 2.24) is 0 Å². The highest BCUT2D eigenvalue weighted by Crippen LogP contribution is 2.32. The van der Waals surface area contributed by atoms with Crippen LogP contribution in [0.25, 0.3) is 0 Å². The molecular weight excluding hydrogens is 105 g/mol. The fourth-order valence-electron chi connectivity index (χ4n) is 0.768. The van der Waals surface area contributed by atoms with E-state index < -0.39 is 0 Å². The Morgan fingerprint density at radius 1 is 1.86 bits per heavy atom. The van der Waals surface area contributed by atoms with Crippen molar-refractivity contribution >= 4 is 8.58 Å². The molecule has 1 nitrogen and oxygen atoms in total. The topological polar surface area (TPSA) is 26.0 Å². The molecule has 1 rings (SSSR count). The minimum absolute atomic E-state index is 0.576. The van der Waals surface area contributed by atoms with E-state index in [-0.39, 0.29) is 0 Å². The molecule has 0 amide bonds. The Kier molecular flexibility index (Phi) is 1.66. The molecule has 0 aromatic rings. The van der Waals surface area contributed by atoms with Crippen molar-refractivity contribution in [3.05, 3.63) is 0 Å². The largest absolute Gasteiger partial charge is 0.327 e. The number of rotatable bonds is 2. The second-order valence-corrected chi connectivity index (χ2v) is 3.33. The van der Waals surface area contributed by atoms with Crippen molar-refractivity contribution in [1.29, 1.82) is 0 Å². The van der Waals surface area contributed by atoms with Crippen LogP contribution in [0, 0.1) is 5.92 Å². The highest BCUT2D eigenvalue weighted by molar-refractivity contribution is 7.37. The normalized spacial score (nSPS) is 40.3. The molecule has 1 aliphatic carbocycles. The van der Waals surface area contributed by atoms with Crippen LogP contribution in [-0.4, -0.2) is 18.9 Å². The maximum Gasteiger partial charge on any atom is 0.00743 e. The van der Waals surface area contributed by atoms with Crippen LogP contribution >= 0.6 is 8.58 Å². The van der Waals surface area contributed by atoms with E-state index >= 15 is 0 Å². The van der Waals surface area contributed by atoms with E-state index in [0.717, 1.165) is 14.5 Å². The quantitative estimate of drug-likeness (QED) is 0.528. The second-order valence-electron chi connectivity index (χ2n) is 2.22. The summed E-state index contributed by atoms with van der Waals surface area (Å²) in [5.41, 5.74) is 5.56. The molecule has 1 saturated carbocycles. The van der Waals surface area contributed by atoms with Gasteiger partial charge < -0.3 is 5.73 Å². The third-order valence-electron chi connectivity index (χ3n) is 1.44. The van der Waals surface area contributed by atoms with E-state index in [1.807, 2.05) is 0 Å². The molecule has 0 heterocycles. The predicted octanol–water partition coefficient (Wildman–Crippen LogP) is 0.642. The molecule has 0 radical (unpaired) electrons. The van der Waals surface area contributed by atoms with E-state index in [1.165, 1.54) is 12.6 Å². The van der Waals surface area contributed by atoms with Crippen LogP contribution in [0.4, 0.5) is 0 Å². The van der Waals surface area contributed by atoms with Gasteiger partial charge in [0.05, 0.1) is 0 Å². The zero-order chi connectivity index (χ0) is 5.28. The fourth-order valence-corrected chi connectivity index (χ4v) is 1.76. The molecular formula is C5H12NP. The lowest BCUT2D eigenvalue weighted by Crippen LogP contribution is -2.02. The van der Waals surface area contributed by atoms with Crippen LogP contribution in [0.15, 0.2) is 0 Å². The van der Waals surface area contributed by atoms with Gasteiger partial charge in [-0.05, 0) is 25.2 Å². The Morgan fingerprint density at radius 3 is 2.57 bits per heavy atom. The zero-order valence-corrected chi connectivity index (χ0v) is 5.65. The fraction of sp³-hybridized carbons (Fsp3) is 1.00. The molecule has 0 aliphatic heterocycles. The first-order valence-electron chi connectivity index (χ1n) is 2.74. The summed E-state index contributed by atoms with van der Waals surface area (Å²) in [4.78, 5) is 0. The molecule has 2 N–H and O–H groups in total. The van der Waals surface area contributed by atoms with Gasteiger partial charge in [0.2, 0.25) is 0 Å². The Bertz CT molecular complexity index is 65.1. The van der Waals surface area contributed by atoms with E-state index in [1.54, 1.807) is 0 Å². The van der Waals surface area contributed by atoms with Crippen LogP contribution in [-0.2, 0) is 0 Å². The van der Waals surface area contributed by atoms with Crippen LogP contribution in [0.3, 0.4) is 0 Å². The van der Waals surface area contributed by atoms with Gasteiger partial charge in [-0.25, -0.2) is 0 Å². The Labute approximate surface area is 46.4 Å². The van der Waals surface area contributed by atoms with Gasteiger partial charge in [0.15, 0.2) is 0 Å². The summed E-state index contributed by atoms with van der Waals surface area (Å²) in [7, 11) is 1.11. The van der Waals surface area contributed by atoms with E-state index in [9.17, 15) is 0 Å². The summed E-state index contributed by atoms with van der Waals surface area (Å²) in [6, 6.07) is 0.576. The first kappa shape index (κ1) is 5.53. The number of nitrogens with two attached hydrogens (primary N) is 1. The minimum atomic E-state index is 0.576. The standard InChI is InChI=1S/C5H12NP/c1-7-3-4-2-5(4)6/h4-5,7H,2-3,6H2,1H3. The van der Waals surface area contributed by atoms with Crippen LogP contribution in [0.1, 0.15) is 6.42 Å². The summed E-state index contributed by atoms with van der Waals surface area (Å²) in [5, 5.41) is 0. The molecule has 1 aliphatic rings. The average molecular weight is 117 g/mol. The second kappa shape index (κ2) is 2.11. The summed E-state index contributed by atoms with van der Waals surface area (Å²) >= 11 is 0. The highest BCUT2D eigenvalue weighted by Gasteiger charge is 2.31. The van der Waals surface area contributed by atoms with Gasteiger partial charge in [-0.2, -0.15) is 0 Å². The molecule has 42 valence electrons. The Balaban J connectivity index is 1.98. The molecule has 0 saturated heterocycles. The van der Waals surface area contributed by atoms with Crippen molar-refractivity contribution in [3.8, 4) is 0 Å². The summed E-state index contributed by atoms with van der Waals surface area (Å²) in [6.07, 6.45) is 2.67. The maximum atomic E-state index is 5.56. The third-order valence-corrected chi connectivity index (χ3v) is 2.38. The predicted molar refractivity (Wildman–Crippen MR) is 35.2 cm³/mol. The molecule has 1 fully saturated rings. The van der Waals surface area contributed by atoms with Crippen molar-refractivity contribution in [3.63, 3.8) is 0 Å². The monoisotopic (exact) mass is 117 g/mol. The summed E-state index contributed by atoms with van der Waals surface area (Å²) in [6.45, 7) is 2.24. The molecule has 0 aromatic carbocycles. The van der Waals surface area contributed by atoms with Crippen molar-refractivity contribution in [2.24, 2.45) is 11.7 Å². The zero-order valence-electron chi connectivity index (χ0n) is 4.65. The van der Waals surface area contributed by atoms with Gasteiger partial charge in [-0.1, -0.05) is 0 Å². The van der Waals surface area contributed by atoms with Crippen molar-refractivity contribution in [2.75, 3.05) is 12.8 Å². The number of hydrogen-bond donors (Lipinski definition) is 1. The first-order valence-corrected chi connectivity index (χ1v) is 4.45. The Morgan fingerprint density at radius 2 is 2.43 bits per heavy atom. The smallest absolute Gasteiger partial charge is 0.00743 e. The van der Waals surface area contributed by atoms with Crippen LogP contribution in [0.5, 0.6) is 0 Å². The lowest BCUT2D eigenvalue weighted by atomic mass is 10.5. The SMILES string of the molecule is CPCC1CC1N. The lowest BCUT2D eigenvalue weighted by Gasteiger charge is -1.87.